The van der Waals surface area contributed by atoms with Gasteiger partial charge in [0.25, 0.3) is 0 Å². The van der Waals surface area contributed by atoms with Gasteiger partial charge in [0.1, 0.15) is 6.04 Å². The van der Waals surface area contributed by atoms with E-state index >= 15 is 0 Å². The lowest BCUT2D eigenvalue weighted by atomic mass is 9.92. The quantitative estimate of drug-likeness (QED) is 0.130. The van der Waals surface area contributed by atoms with E-state index in [2.05, 4.69) is 26.4 Å². The molecule has 0 bridgehead atoms. The molecule has 45 heavy (non-hydrogen) atoms. The molecule has 1 rings (SSSR count). The van der Waals surface area contributed by atoms with Gasteiger partial charge in [-0.15, -0.1) is 11.3 Å². The van der Waals surface area contributed by atoms with Crippen LogP contribution < -0.4 is 21.4 Å². The maximum Gasteiger partial charge on any atom is 0.426 e. The van der Waals surface area contributed by atoms with Gasteiger partial charge in [0.15, 0.2) is 0 Å². The van der Waals surface area contributed by atoms with Crippen molar-refractivity contribution in [2.75, 3.05) is 13.1 Å². The van der Waals surface area contributed by atoms with E-state index in [0.29, 0.717) is 24.4 Å². The van der Waals surface area contributed by atoms with Crippen molar-refractivity contribution < 1.29 is 34.2 Å². The lowest BCUT2D eigenvalue weighted by Gasteiger charge is -2.29. The van der Waals surface area contributed by atoms with Crippen molar-refractivity contribution in [1.82, 2.24) is 31.4 Å². The van der Waals surface area contributed by atoms with E-state index in [4.69, 9.17) is 0 Å². The maximum atomic E-state index is 13.0. The van der Waals surface area contributed by atoms with Crippen LogP contribution in [0.5, 0.6) is 0 Å². The average molecular weight is 655 g/mol. The van der Waals surface area contributed by atoms with Crippen molar-refractivity contribution in [2.24, 2.45) is 29.6 Å². The van der Waals surface area contributed by atoms with Gasteiger partial charge in [-0.1, -0.05) is 55.4 Å². The zero-order valence-electron chi connectivity index (χ0n) is 28.2. The molecular formula is C31H54N6O7S. The van der Waals surface area contributed by atoms with E-state index in [1.165, 1.54) is 11.3 Å². The third-order valence-electron chi connectivity index (χ3n) is 7.14. The standard InChI is InChI=1S/C31H54N6O7S/c1-17(2)12-23(24(38)13-20(7)28(40)35-27(19(5)6)30(42)32-15-18(3)4)34-25(39)10-11-37(31(43)44)36-29(41)21(8)14-26-33-22(9)16-45-26/h16-21,23-24,27,38H,10-15H2,1-9H3,(H,32,42)(H,34,39)(H,35,40)(H,36,41)(H,43,44)/t20-,21?,23+,24+,27?/m1/s1. The van der Waals surface area contributed by atoms with Crippen molar-refractivity contribution in [1.29, 1.82) is 0 Å². The molecule has 1 heterocycles. The molecule has 13 nitrogen and oxygen atoms in total. The van der Waals surface area contributed by atoms with Crippen molar-refractivity contribution in [3.63, 3.8) is 0 Å². The highest BCUT2D eigenvalue weighted by atomic mass is 32.1. The number of hydrogen-bond acceptors (Lipinski definition) is 8. The Bertz CT molecular complexity index is 1130. The van der Waals surface area contributed by atoms with Gasteiger partial charge in [-0.05, 0) is 37.5 Å². The highest BCUT2D eigenvalue weighted by Gasteiger charge is 2.30. The summed E-state index contributed by atoms with van der Waals surface area (Å²) in [5, 5.41) is 32.4. The minimum atomic E-state index is -1.41. The van der Waals surface area contributed by atoms with E-state index in [0.717, 1.165) is 10.7 Å². The normalized spacial score (nSPS) is 14.8. The number of nitrogens with one attached hydrogen (secondary N) is 4. The number of aliphatic hydroxyl groups is 1. The molecule has 1 aromatic rings. The van der Waals surface area contributed by atoms with Gasteiger partial charge in [-0.3, -0.25) is 24.6 Å². The Balaban J connectivity index is 2.76. The summed E-state index contributed by atoms with van der Waals surface area (Å²) in [6.45, 7) is 16.9. The molecule has 6 N–H and O–H groups in total. The fourth-order valence-corrected chi connectivity index (χ4v) is 5.39. The van der Waals surface area contributed by atoms with Crippen LogP contribution in [-0.2, 0) is 25.6 Å². The first-order chi connectivity index (χ1) is 20.9. The van der Waals surface area contributed by atoms with Crippen molar-refractivity contribution >= 4 is 41.1 Å². The molecule has 0 fully saturated rings. The van der Waals surface area contributed by atoms with Crippen LogP contribution in [-0.4, -0.2) is 81.2 Å². The average Bonchev–Trinajstić information content (AvgIpc) is 3.35. The summed E-state index contributed by atoms with van der Waals surface area (Å²) in [4.78, 5) is 67.3. The summed E-state index contributed by atoms with van der Waals surface area (Å²) in [6, 6.07) is -1.42. The van der Waals surface area contributed by atoms with Crippen LogP contribution in [0.1, 0.15) is 85.4 Å². The number of hydrazine groups is 1. The van der Waals surface area contributed by atoms with E-state index < -0.39 is 47.9 Å². The van der Waals surface area contributed by atoms with Gasteiger partial charge in [-0.25, -0.2) is 14.8 Å². The summed E-state index contributed by atoms with van der Waals surface area (Å²) in [5.41, 5.74) is 3.21. The molecule has 1 aromatic heterocycles. The number of carbonyl (C=O) groups is 5. The topological polar surface area (TPSA) is 190 Å². The van der Waals surface area contributed by atoms with E-state index in [-0.39, 0.29) is 49.0 Å². The van der Waals surface area contributed by atoms with Gasteiger partial charge in [0.05, 0.1) is 23.7 Å². The Morgan fingerprint density at radius 3 is 2.04 bits per heavy atom. The number of carboxylic acid groups (broad SMARTS) is 1. The number of carbonyl (C=O) groups excluding carboxylic acids is 4. The summed E-state index contributed by atoms with van der Waals surface area (Å²) in [7, 11) is 0. The number of thiazole rings is 1. The molecule has 5 atom stereocenters. The summed E-state index contributed by atoms with van der Waals surface area (Å²) < 4.78 is 0. The van der Waals surface area contributed by atoms with Crippen molar-refractivity contribution in [3.05, 3.63) is 16.1 Å². The maximum absolute atomic E-state index is 13.0. The number of aromatic nitrogens is 1. The Morgan fingerprint density at radius 2 is 1.53 bits per heavy atom. The Hall–Kier alpha value is -3.26. The van der Waals surface area contributed by atoms with Crippen LogP contribution in [0.4, 0.5) is 4.79 Å². The Kier molecular flexibility index (Phi) is 17.1. The number of hydrogen-bond donors (Lipinski definition) is 6. The molecule has 0 radical (unpaired) electrons. The highest BCUT2D eigenvalue weighted by molar-refractivity contribution is 7.09. The Morgan fingerprint density at radius 1 is 0.889 bits per heavy atom. The SMILES string of the molecule is Cc1csc(CC(C)C(=O)NN(CCC(=O)N[C@@H](CC(C)C)[C@@H](O)C[C@@H](C)C(=O)NC(C(=O)NCC(C)C)C(C)C)C(=O)O)n1. The number of amides is 5. The zero-order valence-corrected chi connectivity index (χ0v) is 29.0. The monoisotopic (exact) mass is 654 g/mol. The van der Waals surface area contributed by atoms with E-state index in [9.17, 15) is 34.2 Å². The number of nitrogens with zero attached hydrogens (tertiary/aromatic N) is 2. The molecule has 0 aliphatic rings. The van der Waals surface area contributed by atoms with Gasteiger partial charge in [0.2, 0.25) is 23.6 Å². The fourth-order valence-electron chi connectivity index (χ4n) is 4.48. The van der Waals surface area contributed by atoms with Crippen molar-refractivity contribution in [2.45, 2.75) is 106 Å². The third kappa shape index (κ3) is 15.0. The zero-order chi connectivity index (χ0) is 34.4. The van der Waals surface area contributed by atoms with Crippen LogP contribution >= 0.6 is 11.3 Å². The second-order valence-corrected chi connectivity index (χ2v) is 14.0. The summed E-state index contributed by atoms with van der Waals surface area (Å²) in [6.07, 6.45) is -1.94. The predicted octanol–water partition coefficient (Wildman–Crippen LogP) is 2.86. The fraction of sp³-hybridized carbons (Fsp3) is 0.742. The predicted molar refractivity (Wildman–Crippen MR) is 173 cm³/mol. The molecule has 0 spiro atoms. The molecule has 0 aliphatic carbocycles. The summed E-state index contributed by atoms with van der Waals surface area (Å²) >= 11 is 1.43. The van der Waals surface area contributed by atoms with Crippen molar-refractivity contribution in [3.8, 4) is 0 Å². The number of aliphatic hydroxyl groups excluding tert-OH is 1. The number of rotatable bonds is 18. The van der Waals surface area contributed by atoms with Crippen LogP contribution in [0.15, 0.2) is 5.38 Å². The van der Waals surface area contributed by atoms with Crippen LogP contribution in [0.25, 0.3) is 0 Å². The molecule has 2 unspecified atom stereocenters. The van der Waals surface area contributed by atoms with E-state index in [1.54, 1.807) is 13.8 Å². The lowest BCUT2D eigenvalue weighted by molar-refractivity contribution is -0.132. The number of aryl methyl sites for hydroxylation is 1. The minimum absolute atomic E-state index is 0.0374. The minimum Gasteiger partial charge on any atom is -0.464 e. The first kappa shape index (κ1) is 39.8. The van der Waals surface area contributed by atoms with Gasteiger partial charge in [0, 0.05) is 42.3 Å². The molecular weight excluding hydrogens is 600 g/mol. The Labute approximate surface area is 271 Å². The molecule has 0 aliphatic heterocycles. The smallest absolute Gasteiger partial charge is 0.426 e. The van der Waals surface area contributed by atoms with Crippen LogP contribution in [0.2, 0.25) is 0 Å². The van der Waals surface area contributed by atoms with Gasteiger partial charge < -0.3 is 26.2 Å². The second-order valence-electron chi connectivity index (χ2n) is 13.0. The lowest BCUT2D eigenvalue weighted by Crippen LogP contribution is -2.52. The summed E-state index contributed by atoms with van der Waals surface area (Å²) in [5.74, 6) is -2.64. The largest absolute Gasteiger partial charge is 0.464 e. The molecule has 14 heteroatoms. The van der Waals surface area contributed by atoms with Gasteiger partial charge in [-0.2, -0.15) is 0 Å². The molecule has 5 amide bonds. The molecule has 0 saturated carbocycles. The third-order valence-corrected chi connectivity index (χ3v) is 8.13. The molecule has 256 valence electrons. The first-order valence-corrected chi connectivity index (χ1v) is 16.6. The van der Waals surface area contributed by atoms with E-state index in [1.807, 2.05) is 53.8 Å². The van der Waals surface area contributed by atoms with Gasteiger partial charge >= 0.3 is 6.09 Å². The van der Waals surface area contributed by atoms with Crippen LogP contribution in [0.3, 0.4) is 0 Å². The molecule has 0 saturated heterocycles. The van der Waals surface area contributed by atoms with Crippen LogP contribution in [0, 0.1) is 36.5 Å². The highest BCUT2D eigenvalue weighted by Crippen LogP contribution is 2.17. The second kappa shape index (κ2) is 19.3. The molecule has 0 aromatic carbocycles. The first-order valence-electron chi connectivity index (χ1n) is 15.7.